The van der Waals surface area contributed by atoms with Crippen LogP contribution in [0.3, 0.4) is 0 Å². The summed E-state index contributed by atoms with van der Waals surface area (Å²) in [6, 6.07) is 8.11. The summed E-state index contributed by atoms with van der Waals surface area (Å²) >= 11 is 0. The molecule has 0 unspecified atom stereocenters. The van der Waals surface area contributed by atoms with E-state index in [0.29, 0.717) is 45.0 Å². The van der Waals surface area contributed by atoms with Crippen molar-refractivity contribution in [1.82, 2.24) is 14.2 Å². The summed E-state index contributed by atoms with van der Waals surface area (Å²) in [7, 11) is -3.50. The fraction of sp³-hybridized carbons (Fsp3) is 0.600. The summed E-state index contributed by atoms with van der Waals surface area (Å²) < 4.78 is 41.7. The Balaban J connectivity index is 1.08. The molecule has 2 saturated heterocycles. The molecule has 9 nitrogen and oxygen atoms in total. The van der Waals surface area contributed by atoms with Crippen molar-refractivity contribution in [3.8, 4) is 0 Å². The van der Waals surface area contributed by atoms with Crippen LogP contribution < -0.4 is 5.32 Å². The maximum Gasteiger partial charge on any atom is 0.253 e. The molecular formula is C30H40N4O5S. The second kappa shape index (κ2) is 10.7. The first-order chi connectivity index (χ1) is 19.1. The molecule has 1 saturated carbocycles. The minimum absolute atomic E-state index is 0.0153. The summed E-state index contributed by atoms with van der Waals surface area (Å²) in [5.74, 6) is 0.474. The normalized spacial score (nSPS) is 25.7. The van der Waals surface area contributed by atoms with Crippen LogP contribution in [0.5, 0.6) is 0 Å². The van der Waals surface area contributed by atoms with E-state index >= 15 is 0 Å². The second-order valence-electron chi connectivity index (χ2n) is 12.1. The van der Waals surface area contributed by atoms with Gasteiger partial charge in [-0.05, 0) is 57.2 Å². The first kappa shape index (κ1) is 27.6. The van der Waals surface area contributed by atoms with Crippen molar-refractivity contribution in [2.24, 2.45) is 10.9 Å². The van der Waals surface area contributed by atoms with Gasteiger partial charge in [-0.3, -0.25) is 9.79 Å². The number of amidine groups is 1. The highest BCUT2D eigenvalue weighted by Gasteiger charge is 2.48. The summed E-state index contributed by atoms with van der Waals surface area (Å²) in [6.07, 6.45) is 12.2. The van der Waals surface area contributed by atoms with Gasteiger partial charge in [-0.2, -0.15) is 0 Å². The quantitative estimate of drug-likeness (QED) is 0.542. The van der Waals surface area contributed by atoms with Gasteiger partial charge in [0, 0.05) is 36.1 Å². The summed E-state index contributed by atoms with van der Waals surface area (Å²) in [5.41, 5.74) is 1.24. The number of carbonyl (C=O) groups is 1. The number of nitrogens with one attached hydrogen (secondary N) is 1. The molecule has 2 aromatic rings. The van der Waals surface area contributed by atoms with Gasteiger partial charge >= 0.3 is 0 Å². The van der Waals surface area contributed by atoms with E-state index in [9.17, 15) is 13.2 Å². The highest BCUT2D eigenvalue weighted by molar-refractivity contribution is 7.89. The molecule has 40 heavy (non-hydrogen) atoms. The summed E-state index contributed by atoms with van der Waals surface area (Å²) in [4.78, 5) is 17.8. The SMILES string of the molecule is CC1(C)OC[C@H](Cn2ccc3c(/C=C/CS(=O)(=O)N4CCC5(CC4)N=C(C4CCCCC4)NC5=O)cccc32)O1. The zero-order valence-electron chi connectivity index (χ0n) is 23.5. The third-order valence-electron chi connectivity index (χ3n) is 8.85. The number of rotatable bonds is 7. The minimum Gasteiger partial charge on any atom is -0.348 e. The van der Waals surface area contributed by atoms with Crippen molar-refractivity contribution in [1.29, 1.82) is 0 Å². The van der Waals surface area contributed by atoms with E-state index in [-0.39, 0.29) is 17.8 Å². The van der Waals surface area contributed by atoms with Gasteiger partial charge in [0.15, 0.2) is 5.79 Å². The van der Waals surface area contributed by atoms with Crippen molar-refractivity contribution < 1.29 is 22.7 Å². The van der Waals surface area contributed by atoms with Crippen LogP contribution in [0.15, 0.2) is 41.5 Å². The number of fused-ring (bicyclic) bond motifs is 1. The van der Waals surface area contributed by atoms with E-state index in [1.807, 2.05) is 38.3 Å². The zero-order valence-corrected chi connectivity index (χ0v) is 24.3. The molecule has 1 atom stereocenters. The number of sulfonamides is 1. The number of benzene rings is 1. The third kappa shape index (κ3) is 5.51. The van der Waals surface area contributed by atoms with Gasteiger partial charge in [-0.25, -0.2) is 12.7 Å². The number of aromatic nitrogens is 1. The minimum atomic E-state index is -3.50. The maximum absolute atomic E-state index is 13.2. The van der Waals surface area contributed by atoms with Gasteiger partial charge < -0.3 is 19.4 Å². The molecule has 1 amide bonds. The number of hydrogen-bond acceptors (Lipinski definition) is 6. The molecule has 4 heterocycles. The summed E-state index contributed by atoms with van der Waals surface area (Å²) in [5, 5.41) is 4.11. The average molecular weight is 569 g/mol. The molecule has 0 radical (unpaired) electrons. The first-order valence-corrected chi connectivity index (χ1v) is 16.2. The predicted octanol–water partition coefficient (Wildman–Crippen LogP) is 4.08. The Morgan fingerprint density at radius 3 is 2.62 bits per heavy atom. The van der Waals surface area contributed by atoms with Crippen LogP contribution in [0.4, 0.5) is 0 Å². The summed E-state index contributed by atoms with van der Waals surface area (Å²) in [6.45, 7) is 5.72. The number of hydrogen-bond donors (Lipinski definition) is 1. The number of ether oxygens (including phenoxy) is 2. The van der Waals surface area contributed by atoms with E-state index in [4.69, 9.17) is 14.5 Å². The van der Waals surface area contributed by atoms with Crippen LogP contribution in [0.1, 0.15) is 64.4 Å². The van der Waals surface area contributed by atoms with Crippen LogP contribution in [0.2, 0.25) is 0 Å². The van der Waals surface area contributed by atoms with E-state index in [0.717, 1.165) is 35.1 Å². The van der Waals surface area contributed by atoms with Crippen LogP contribution >= 0.6 is 0 Å². The van der Waals surface area contributed by atoms with Gasteiger partial charge in [0.25, 0.3) is 5.91 Å². The highest BCUT2D eigenvalue weighted by Crippen LogP contribution is 2.35. The van der Waals surface area contributed by atoms with E-state index in [1.165, 1.54) is 23.6 Å². The number of aliphatic imine (C=N–C) groups is 1. The van der Waals surface area contributed by atoms with Crippen LogP contribution in [-0.4, -0.2) is 71.9 Å². The van der Waals surface area contributed by atoms with Crippen LogP contribution in [-0.2, 0) is 30.8 Å². The highest BCUT2D eigenvalue weighted by atomic mass is 32.2. The number of carbonyl (C=O) groups excluding carboxylic acids is 1. The van der Waals surface area contributed by atoms with Crippen molar-refractivity contribution in [3.05, 3.63) is 42.1 Å². The topological polar surface area (TPSA) is 102 Å². The van der Waals surface area contributed by atoms with Crippen molar-refractivity contribution in [2.75, 3.05) is 25.4 Å². The Labute approximate surface area is 236 Å². The van der Waals surface area contributed by atoms with Gasteiger partial charge in [-0.1, -0.05) is 43.5 Å². The maximum atomic E-state index is 13.2. The molecule has 10 heteroatoms. The van der Waals surface area contributed by atoms with E-state index < -0.39 is 21.3 Å². The Morgan fingerprint density at radius 1 is 1.12 bits per heavy atom. The lowest BCUT2D eigenvalue weighted by Gasteiger charge is -2.34. The van der Waals surface area contributed by atoms with Crippen molar-refractivity contribution in [3.63, 3.8) is 0 Å². The van der Waals surface area contributed by atoms with Gasteiger partial charge in [0.05, 0.1) is 18.9 Å². The molecule has 3 aliphatic heterocycles. The van der Waals surface area contributed by atoms with E-state index in [2.05, 4.69) is 22.0 Å². The lowest BCUT2D eigenvalue weighted by molar-refractivity contribution is -0.139. The van der Waals surface area contributed by atoms with Crippen LogP contribution in [0.25, 0.3) is 17.0 Å². The molecule has 216 valence electrons. The molecule has 4 aliphatic rings. The molecule has 1 N–H and O–H groups in total. The largest absolute Gasteiger partial charge is 0.348 e. The fourth-order valence-corrected chi connectivity index (χ4v) is 7.90. The molecular weight excluding hydrogens is 528 g/mol. The predicted molar refractivity (Wildman–Crippen MR) is 155 cm³/mol. The second-order valence-corrected chi connectivity index (χ2v) is 14.1. The Morgan fingerprint density at radius 2 is 1.90 bits per heavy atom. The van der Waals surface area contributed by atoms with Gasteiger partial charge in [0.1, 0.15) is 17.5 Å². The first-order valence-electron chi connectivity index (χ1n) is 14.6. The van der Waals surface area contributed by atoms with Crippen LogP contribution in [0, 0.1) is 5.92 Å². The molecule has 1 aromatic carbocycles. The number of piperidine rings is 1. The lowest BCUT2D eigenvalue weighted by Crippen LogP contribution is -2.50. The molecule has 3 fully saturated rings. The lowest BCUT2D eigenvalue weighted by atomic mass is 9.88. The smallest absolute Gasteiger partial charge is 0.253 e. The molecule has 1 aliphatic carbocycles. The van der Waals surface area contributed by atoms with E-state index in [1.54, 1.807) is 6.08 Å². The Kier molecular flexibility index (Phi) is 7.39. The standard InChI is InChI=1S/C30H40N4O5S/c1-29(2)38-21-24(39-29)20-33-16-13-25-22(10-6-12-26(25)33)11-7-19-40(36,37)34-17-14-30(15-18-34)28(35)31-27(32-30)23-8-4-3-5-9-23/h6-7,10-13,16,23-24H,3-5,8-9,14-15,17-21H2,1-2H3,(H,31,32,35)/b11-7+/t24-/m0/s1. The monoisotopic (exact) mass is 568 g/mol. The molecule has 1 spiro atoms. The Hall–Kier alpha value is -2.53. The molecule has 6 rings (SSSR count). The average Bonchev–Trinajstić information content (AvgIpc) is 3.60. The number of amides is 1. The van der Waals surface area contributed by atoms with Crippen molar-refractivity contribution >= 4 is 38.7 Å². The zero-order chi connectivity index (χ0) is 28.0. The molecule has 0 bridgehead atoms. The molecule has 1 aromatic heterocycles. The number of nitrogens with zero attached hydrogens (tertiary/aromatic N) is 3. The van der Waals surface area contributed by atoms with Gasteiger partial charge in [0.2, 0.25) is 10.0 Å². The fourth-order valence-electron chi connectivity index (χ4n) is 6.61. The third-order valence-corrected chi connectivity index (χ3v) is 10.6. The Bertz CT molecular complexity index is 1430. The van der Waals surface area contributed by atoms with Crippen molar-refractivity contribution in [2.45, 2.75) is 82.8 Å². The van der Waals surface area contributed by atoms with Gasteiger partial charge in [-0.15, -0.1) is 0 Å².